The SMILES string of the molecule is CCCCCCCc1cc(F)c(C(F)(F)Oc2ccc3c(F)c(F)ccc3c2)c(F)c1. The van der Waals surface area contributed by atoms with Gasteiger partial charge < -0.3 is 4.74 Å². The summed E-state index contributed by atoms with van der Waals surface area (Å²) in [6.45, 7) is 2.07. The third-order valence-electron chi connectivity index (χ3n) is 5.09. The fourth-order valence-electron chi connectivity index (χ4n) is 3.49. The third-order valence-corrected chi connectivity index (χ3v) is 5.09. The highest BCUT2D eigenvalue weighted by Gasteiger charge is 2.41. The maximum absolute atomic E-state index is 14.6. The molecule has 31 heavy (non-hydrogen) atoms. The Morgan fingerprint density at radius 1 is 0.774 bits per heavy atom. The molecule has 0 fully saturated rings. The number of benzene rings is 3. The Bertz CT molecular complexity index is 1040. The number of hydrogen-bond donors (Lipinski definition) is 0. The molecule has 0 amide bonds. The number of alkyl halides is 2. The number of fused-ring (bicyclic) bond motifs is 1. The van der Waals surface area contributed by atoms with Crippen LogP contribution in [0.15, 0.2) is 42.5 Å². The molecule has 3 rings (SSSR count). The van der Waals surface area contributed by atoms with Crippen molar-refractivity contribution in [2.45, 2.75) is 51.6 Å². The van der Waals surface area contributed by atoms with Gasteiger partial charge in [0.2, 0.25) is 0 Å². The summed E-state index contributed by atoms with van der Waals surface area (Å²) in [5.41, 5.74) is -1.19. The predicted octanol–water partition coefficient (Wildman–Crippen LogP) is 8.04. The van der Waals surface area contributed by atoms with Gasteiger partial charge in [-0.2, -0.15) is 8.78 Å². The fourth-order valence-corrected chi connectivity index (χ4v) is 3.49. The van der Waals surface area contributed by atoms with Crippen LogP contribution in [-0.4, -0.2) is 0 Å². The van der Waals surface area contributed by atoms with Gasteiger partial charge in [0.05, 0.1) is 0 Å². The Balaban J connectivity index is 1.79. The van der Waals surface area contributed by atoms with Crippen molar-refractivity contribution in [2.75, 3.05) is 0 Å². The van der Waals surface area contributed by atoms with Crippen LogP contribution in [0.1, 0.15) is 50.2 Å². The first-order chi connectivity index (χ1) is 14.7. The fraction of sp³-hybridized carbons (Fsp3) is 0.333. The van der Waals surface area contributed by atoms with Crippen LogP contribution >= 0.6 is 0 Å². The monoisotopic (exact) mass is 440 g/mol. The lowest BCUT2D eigenvalue weighted by molar-refractivity contribution is -0.189. The largest absolute Gasteiger partial charge is 0.432 e. The van der Waals surface area contributed by atoms with Crippen molar-refractivity contribution in [3.63, 3.8) is 0 Å². The van der Waals surface area contributed by atoms with E-state index in [0.29, 0.717) is 18.4 Å². The summed E-state index contributed by atoms with van der Waals surface area (Å²) in [4.78, 5) is 0. The highest BCUT2D eigenvalue weighted by molar-refractivity contribution is 5.84. The summed E-state index contributed by atoms with van der Waals surface area (Å²) in [5.74, 6) is -5.45. The zero-order valence-corrected chi connectivity index (χ0v) is 17.0. The molecule has 0 bridgehead atoms. The number of hydrogen-bond acceptors (Lipinski definition) is 1. The lowest BCUT2D eigenvalue weighted by Crippen LogP contribution is -2.25. The molecule has 0 aromatic heterocycles. The van der Waals surface area contributed by atoms with Crippen LogP contribution in [0.25, 0.3) is 10.8 Å². The van der Waals surface area contributed by atoms with Crippen LogP contribution in [-0.2, 0) is 12.5 Å². The Morgan fingerprint density at radius 2 is 1.45 bits per heavy atom. The summed E-state index contributed by atoms with van der Waals surface area (Å²) in [7, 11) is 0. The molecule has 0 aliphatic heterocycles. The minimum Gasteiger partial charge on any atom is -0.429 e. The maximum atomic E-state index is 14.6. The molecular weight excluding hydrogens is 418 g/mol. The number of aryl methyl sites for hydroxylation is 1. The van der Waals surface area contributed by atoms with Crippen molar-refractivity contribution in [3.05, 3.63) is 76.9 Å². The molecule has 0 unspecified atom stereocenters. The second-order valence-electron chi connectivity index (χ2n) is 7.46. The molecule has 3 aromatic rings. The minimum atomic E-state index is -4.31. The zero-order chi connectivity index (χ0) is 22.6. The van der Waals surface area contributed by atoms with Gasteiger partial charge in [-0.05, 0) is 60.2 Å². The van der Waals surface area contributed by atoms with Crippen molar-refractivity contribution in [2.24, 2.45) is 0 Å². The molecule has 1 nitrogen and oxygen atoms in total. The van der Waals surface area contributed by atoms with E-state index in [1.54, 1.807) is 0 Å². The topological polar surface area (TPSA) is 9.23 Å². The molecule has 7 heteroatoms. The van der Waals surface area contributed by atoms with Crippen LogP contribution in [0, 0.1) is 23.3 Å². The van der Waals surface area contributed by atoms with Crippen molar-refractivity contribution in [1.82, 2.24) is 0 Å². The van der Waals surface area contributed by atoms with Gasteiger partial charge in [-0.1, -0.05) is 38.7 Å². The summed E-state index contributed by atoms with van der Waals surface area (Å²) in [5, 5.41) is -0.0251. The first-order valence-corrected chi connectivity index (χ1v) is 10.2. The van der Waals surface area contributed by atoms with E-state index in [2.05, 4.69) is 11.7 Å². The van der Waals surface area contributed by atoms with Crippen LogP contribution in [0.4, 0.5) is 26.3 Å². The highest BCUT2D eigenvalue weighted by atomic mass is 19.3. The Morgan fingerprint density at radius 3 is 2.13 bits per heavy atom. The third kappa shape index (κ3) is 5.32. The number of ether oxygens (including phenoxy) is 1. The minimum absolute atomic E-state index is 0.103. The lowest BCUT2D eigenvalue weighted by Gasteiger charge is -2.20. The van der Waals surface area contributed by atoms with Crippen LogP contribution in [0.5, 0.6) is 5.75 Å². The van der Waals surface area contributed by atoms with Gasteiger partial charge >= 0.3 is 6.11 Å². The molecule has 0 spiro atoms. The van der Waals surface area contributed by atoms with Gasteiger partial charge in [0.15, 0.2) is 11.6 Å². The predicted molar refractivity (Wildman–Crippen MR) is 107 cm³/mol. The number of halogens is 6. The van der Waals surface area contributed by atoms with Crippen LogP contribution < -0.4 is 4.74 Å². The van der Waals surface area contributed by atoms with Gasteiger partial charge in [0.1, 0.15) is 22.9 Å². The summed E-state index contributed by atoms with van der Waals surface area (Å²) in [6.07, 6.45) is 0.826. The molecule has 0 heterocycles. The van der Waals surface area contributed by atoms with Gasteiger partial charge in [0, 0.05) is 5.39 Å². The van der Waals surface area contributed by atoms with Crippen molar-refractivity contribution < 1.29 is 31.1 Å². The Hall–Kier alpha value is -2.70. The van der Waals surface area contributed by atoms with E-state index in [0.717, 1.165) is 62.1 Å². The second kappa shape index (κ2) is 9.62. The van der Waals surface area contributed by atoms with E-state index in [-0.39, 0.29) is 10.8 Å². The number of unbranched alkanes of at least 4 members (excludes halogenated alkanes) is 4. The van der Waals surface area contributed by atoms with E-state index in [1.807, 2.05) is 0 Å². The van der Waals surface area contributed by atoms with E-state index in [4.69, 9.17) is 0 Å². The zero-order valence-electron chi connectivity index (χ0n) is 17.0. The molecule has 0 radical (unpaired) electrons. The normalized spacial score (nSPS) is 11.8. The first-order valence-electron chi connectivity index (χ1n) is 10.2. The Labute approximate surface area is 176 Å². The van der Waals surface area contributed by atoms with Crippen molar-refractivity contribution in [1.29, 1.82) is 0 Å². The molecule has 0 aliphatic rings. The maximum Gasteiger partial charge on any atom is 0.432 e. The molecule has 3 aromatic carbocycles. The van der Waals surface area contributed by atoms with E-state index < -0.39 is 40.7 Å². The summed E-state index contributed by atoms with van der Waals surface area (Å²) < 4.78 is 89.6. The van der Waals surface area contributed by atoms with E-state index in [1.165, 1.54) is 6.07 Å². The van der Waals surface area contributed by atoms with Gasteiger partial charge in [-0.3, -0.25) is 0 Å². The quantitative estimate of drug-likeness (QED) is 0.242. The van der Waals surface area contributed by atoms with E-state index >= 15 is 0 Å². The highest BCUT2D eigenvalue weighted by Crippen LogP contribution is 2.37. The lowest BCUT2D eigenvalue weighted by atomic mass is 10.0. The molecule has 0 N–H and O–H groups in total. The standard InChI is InChI=1S/C24H22F6O/c1-2-3-4-5-6-7-15-12-20(26)22(21(27)13-15)24(29,30)31-17-9-10-18-16(14-17)8-11-19(25)23(18)28/h8-14H,2-7H2,1H3. The number of rotatable bonds is 9. The molecule has 0 aliphatic carbocycles. The Kier molecular flexibility index (Phi) is 7.13. The first kappa shape index (κ1) is 23.0. The van der Waals surface area contributed by atoms with Gasteiger partial charge in [-0.15, -0.1) is 0 Å². The average molecular weight is 440 g/mol. The summed E-state index contributed by atoms with van der Waals surface area (Å²) in [6, 6.07) is 6.93. The molecule has 0 saturated heterocycles. The molecular formula is C24H22F6O. The van der Waals surface area contributed by atoms with Gasteiger partial charge in [0.25, 0.3) is 0 Å². The average Bonchev–Trinajstić information content (AvgIpc) is 2.69. The second-order valence-corrected chi connectivity index (χ2v) is 7.46. The molecule has 0 saturated carbocycles. The van der Waals surface area contributed by atoms with Crippen molar-refractivity contribution in [3.8, 4) is 5.75 Å². The summed E-state index contributed by atoms with van der Waals surface area (Å²) >= 11 is 0. The van der Waals surface area contributed by atoms with Crippen molar-refractivity contribution >= 4 is 10.8 Å². The van der Waals surface area contributed by atoms with Crippen LogP contribution in [0.2, 0.25) is 0 Å². The van der Waals surface area contributed by atoms with E-state index in [9.17, 15) is 26.3 Å². The van der Waals surface area contributed by atoms with Crippen LogP contribution in [0.3, 0.4) is 0 Å². The van der Waals surface area contributed by atoms with Gasteiger partial charge in [-0.25, -0.2) is 17.6 Å². The smallest absolute Gasteiger partial charge is 0.429 e. The molecule has 0 atom stereocenters. The molecule has 166 valence electrons.